The number of benzene rings is 9. The van der Waals surface area contributed by atoms with Crippen molar-refractivity contribution >= 4 is 71.3 Å². The Morgan fingerprint density at radius 1 is 0.340 bits per heavy atom. The smallest absolute Gasteiger partial charge is 0.143 e. The highest BCUT2D eigenvalue weighted by molar-refractivity contribution is 6.23. The molecule has 0 radical (unpaired) electrons. The van der Waals surface area contributed by atoms with E-state index in [9.17, 15) is 0 Å². The molecule has 0 saturated heterocycles. The molecule has 50 heavy (non-hydrogen) atoms. The summed E-state index contributed by atoms with van der Waals surface area (Å²) in [6.07, 6.45) is 0. The van der Waals surface area contributed by atoms with E-state index in [1.54, 1.807) is 0 Å². The first-order valence-corrected chi connectivity index (χ1v) is 17.1. The summed E-state index contributed by atoms with van der Waals surface area (Å²) in [4.78, 5) is 2.35. The molecule has 0 bridgehead atoms. The van der Waals surface area contributed by atoms with Crippen LogP contribution < -0.4 is 4.90 Å². The summed E-state index contributed by atoms with van der Waals surface area (Å²) in [5.74, 6) is 0. The number of anilines is 3. The van der Waals surface area contributed by atoms with E-state index in [0.29, 0.717) is 0 Å². The maximum Gasteiger partial charge on any atom is 0.143 e. The van der Waals surface area contributed by atoms with Crippen molar-refractivity contribution in [2.24, 2.45) is 0 Å². The fourth-order valence-electron chi connectivity index (χ4n) is 7.60. The van der Waals surface area contributed by atoms with Gasteiger partial charge in [0, 0.05) is 33.2 Å². The first-order valence-electron chi connectivity index (χ1n) is 17.1. The van der Waals surface area contributed by atoms with Gasteiger partial charge in [-0.2, -0.15) is 0 Å². The van der Waals surface area contributed by atoms with Crippen LogP contribution in [-0.4, -0.2) is 0 Å². The van der Waals surface area contributed by atoms with Gasteiger partial charge in [-0.15, -0.1) is 0 Å². The van der Waals surface area contributed by atoms with Crippen LogP contribution in [0, 0.1) is 0 Å². The number of furan rings is 1. The standard InChI is InChI=1S/C48H31NO/c1-2-9-32(10-3-1)33-19-24-38(25-20-33)49(39-26-21-35(22-27-39)42-15-8-12-34-11-4-5-13-41(34)42)40-28-30-43-37(31-40)18-17-36-23-29-45-44-14-6-7-16-46(44)50-48(45)47(36)43/h1-31H. The second kappa shape index (κ2) is 11.5. The zero-order valence-corrected chi connectivity index (χ0v) is 27.3. The van der Waals surface area contributed by atoms with Gasteiger partial charge in [-0.3, -0.25) is 0 Å². The van der Waals surface area contributed by atoms with Crippen LogP contribution in [-0.2, 0) is 0 Å². The van der Waals surface area contributed by atoms with E-state index >= 15 is 0 Å². The highest BCUT2D eigenvalue weighted by atomic mass is 16.3. The predicted octanol–water partition coefficient (Wildman–Crippen LogP) is 13.8. The van der Waals surface area contributed by atoms with Gasteiger partial charge in [0.15, 0.2) is 0 Å². The number of fused-ring (bicyclic) bond motifs is 8. The van der Waals surface area contributed by atoms with Crippen LogP contribution in [0.15, 0.2) is 192 Å². The Hall–Kier alpha value is -6.64. The van der Waals surface area contributed by atoms with Gasteiger partial charge in [0.05, 0.1) is 0 Å². The molecule has 234 valence electrons. The lowest BCUT2D eigenvalue weighted by molar-refractivity contribution is 0.673. The van der Waals surface area contributed by atoms with E-state index < -0.39 is 0 Å². The van der Waals surface area contributed by atoms with Gasteiger partial charge in [-0.1, -0.05) is 140 Å². The van der Waals surface area contributed by atoms with Gasteiger partial charge in [0.1, 0.15) is 11.2 Å². The molecule has 0 aliphatic rings. The molecule has 9 aromatic carbocycles. The summed E-state index contributed by atoms with van der Waals surface area (Å²) in [7, 11) is 0. The van der Waals surface area contributed by atoms with Crippen molar-refractivity contribution < 1.29 is 4.42 Å². The third-order valence-corrected chi connectivity index (χ3v) is 10.0. The van der Waals surface area contributed by atoms with Crippen molar-refractivity contribution in [3.05, 3.63) is 188 Å². The van der Waals surface area contributed by atoms with Gasteiger partial charge < -0.3 is 9.32 Å². The average Bonchev–Trinajstić information content (AvgIpc) is 3.57. The zero-order valence-electron chi connectivity index (χ0n) is 27.3. The predicted molar refractivity (Wildman–Crippen MR) is 212 cm³/mol. The van der Waals surface area contributed by atoms with Gasteiger partial charge in [0.2, 0.25) is 0 Å². The molecule has 0 amide bonds. The van der Waals surface area contributed by atoms with E-state index in [0.717, 1.165) is 44.4 Å². The lowest BCUT2D eigenvalue weighted by atomic mass is 9.97. The van der Waals surface area contributed by atoms with Crippen LogP contribution in [0.2, 0.25) is 0 Å². The Morgan fingerprint density at radius 2 is 0.940 bits per heavy atom. The van der Waals surface area contributed by atoms with Gasteiger partial charge in [-0.25, -0.2) is 0 Å². The van der Waals surface area contributed by atoms with Crippen LogP contribution >= 0.6 is 0 Å². The number of rotatable bonds is 5. The second-order valence-electron chi connectivity index (χ2n) is 12.9. The minimum absolute atomic E-state index is 0.917. The maximum absolute atomic E-state index is 6.50. The summed E-state index contributed by atoms with van der Waals surface area (Å²) >= 11 is 0. The minimum Gasteiger partial charge on any atom is -0.455 e. The molecule has 0 fully saturated rings. The molecule has 0 saturated carbocycles. The Labute approximate surface area is 290 Å². The van der Waals surface area contributed by atoms with E-state index in [2.05, 4.69) is 187 Å². The number of nitrogens with zero attached hydrogens (tertiary/aromatic N) is 1. The lowest BCUT2D eigenvalue weighted by Crippen LogP contribution is -2.09. The van der Waals surface area contributed by atoms with Crippen LogP contribution in [0.1, 0.15) is 0 Å². The van der Waals surface area contributed by atoms with Crippen molar-refractivity contribution in [2.75, 3.05) is 4.90 Å². The Kier molecular flexibility index (Phi) is 6.53. The highest BCUT2D eigenvalue weighted by Crippen LogP contribution is 2.42. The molecule has 1 aromatic heterocycles. The summed E-state index contributed by atoms with van der Waals surface area (Å²) in [6.45, 7) is 0. The quantitative estimate of drug-likeness (QED) is 0.175. The molecule has 0 unspecified atom stereocenters. The first kappa shape index (κ1) is 28.4. The van der Waals surface area contributed by atoms with E-state index in [-0.39, 0.29) is 0 Å². The third-order valence-electron chi connectivity index (χ3n) is 10.0. The monoisotopic (exact) mass is 637 g/mol. The maximum atomic E-state index is 6.50. The van der Waals surface area contributed by atoms with Crippen LogP contribution in [0.25, 0.3) is 76.5 Å². The molecular formula is C48H31NO. The van der Waals surface area contributed by atoms with Crippen molar-refractivity contribution in [3.8, 4) is 22.3 Å². The van der Waals surface area contributed by atoms with Crippen molar-refractivity contribution in [2.45, 2.75) is 0 Å². The third kappa shape index (κ3) is 4.65. The summed E-state index contributed by atoms with van der Waals surface area (Å²) < 4.78 is 6.50. The Balaban J connectivity index is 1.12. The van der Waals surface area contributed by atoms with Gasteiger partial charge in [0.25, 0.3) is 0 Å². The fraction of sp³-hybridized carbons (Fsp3) is 0. The van der Waals surface area contributed by atoms with Gasteiger partial charge >= 0.3 is 0 Å². The molecule has 0 atom stereocenters. The molecule has 2 heteroatoms. The zero-order chi connectivity index (χ0) is 33.0. The second-order valence-corrected chi connectivity index (χ2v) is 12.9. The topological polar surface area (TPSA) is 16.4 Å². The van der Waals surface area contributed by atoms with Gasteiger partial charge in [-0.05, 0) is 97.7 Å². The largest absolute Gasteiger partial charge is 0.455 e. The van der Waals surface area contributed by atoms with Crippen molar-refractivity contribution in [3.63, 3.8) is 0 Å². The summed E-state index contributed by atoms with van der Waals surface area (Å²) in [6, 6.07) is 67.5. The Bertz CT molecular complexity index is 2840. The van der Waals surface area contributed by atoms with Crippen LogP contribution in [0.4, 0.5) is 17.1 Å². The molecule has 1 heterocycles. The highest BCUT2D eigenvalue weighted by Gasteiger charge is 2.17. The SMILES string of the molecule is c1ccc(-c2ccc(N(c3ccc(-c4cccc5ccccc45)cc3)c3ccc4c(ccc5ccc6c7ccccc7oc6c54)c3)cc2)cc1. The molecular weight excluding hydrogens is 607 g/mol. The lowest BCUT2D eigenvalue weighted by Gasteiger charge is -2.26. The van der Waals surface area contributed by atoms with E-state index in [1.165, 1.54) is 49.2 Å². The molecule has 10 rings (SSSR count). The first-order chi connectivity index (χ1) is 24.8. The van der Waals surface area contributed by atoms with E-state index in [4.69, 9.17) is 4.42 Å². The summed E-state index contributed by atoms with van der Waals surface area (Å²) in [5.41, 5.74) is 10.00. The molecule has 2 nitrogen and oxygen atoms in total. The number of hydrogen-bond donors (Lipinski definition) is 0. The van der Waals surface area contributed by atoms with Crippen LogP contribution in [0.5, 0.6) is 0 Å². The minimum atomic E-state index is 0.917. The van der Waals surface area contributed by atoms with Crippen molar-refractivity contribution in [1.29, 1.82) is 0 Å². The Morgan fingerprint density at radius 3 is 1.76 bits per heavy atom. The fourth-order valence-corrected chi connectivity index (χ4v) is 7.60. The molecule has 10 aromatic rings. The molecule has 0 spiro atoms. The summed E-state index contributed by atoms with van der Waals surface area (Å²) in [5, 5.41) is 9.48. The number of hydrogen-bond acceptors (Lipinski definition) is 2. The molecule has 0 aliphatic heterocycles. The molecule has 0 N–H and O–H groups in total. The number of para-hydroxylation sites is 1. The normalized spacial score (nSPS) is 11.6. The molecule has 0 aliphatic carbocycles. The van der Waals surface area contributed by atoms with Crippen molar-refractivity contribution in [1.82, 2.24) is 0 Å². The van der Waals surface area contributed by atoms with Crippen LogP contribution in [0.3, 0.4) is 0 Å². The van der Waals surface area contributed by atoms with E-state index in [1.807, 2.05) is 6.07 Å². The average molecular weight is 638 g/mol.